The molecular weight excluding hydrogens is 286 g/mol. The molecule has 4 bridgehead atoms. The largest absolute Gasteiger partial charge is 0.307 e. The van der Waals surface area contributed by atoms with Gasteiger partial charge in [-0.25, -0.2) is 0 Å². The Morgan fingerprint density at radius 2 is 1.23 bits per heavy atom. The molecule has 0 heterocycles. The van der Waals surface area contributed by atoms with Crippen LogP contribution in [0.4, 0.5) is 0 Å². The minimum absolute atomic E-state index is 0.160. The van der Waals surface area contributed by atoms with Gasteiger partial charge < -0.3 is 0 Å². The molecule has 120 valence electrons. The Morgan fingerprint density at radius 1 is 0.864 bits per heavy atom. The molecule has 0 radical (unpaired) electrons. The Bertz CT molecular complexity index is 520. The van der Waals surface area contributed by atoms with Crippen LogP contribution < -0.4 is 0 Å². The lowest BCUT2D eigenvalue weighted by Gasteiger charge is -2.60. The number of fused-ring (bicyclic) bond motifs is 2. The predicted molar refractivity (Wildman–Crippen MR) is 96.9 cm³/mol. The first-order valence-electron chi connectivity index (χ1n) is 9.23. The van der Waals surface area contributed by atoms with Gasteiger partial charge in [0, 0.05) is 0 Å². The van der Waals surface area contributed by atoms with E-state index in [1.807, 2.05) is 0 Å². The molecule has 6 rings (SSSR count). The summed E-state index contributed by atoms with van der Waals surface area (Å²) in [6.07, 6.45) is 8.04. The van der Waals surface area contributed by atoms with Gasteiger partial charge in [-0.15, -0.1) is 0 Å². The van der Waals surface area contributed by atoms with E-state index in [1.165, 1.54) is 12.8 Å². The van der Waals surface area contributed by atoms with E-state index in [-0.39, 0.29) is 6.13 Å². The van der Waals surface area contributed by atoms with Gasteiger partial charge >= 0.3 is 6.13 Å². The third-order valence-corrected chi connectivity index (χ3v) is 8.97. The lowest BCUT2D eigenvalue weighted by Crippen LogP contribution is -2.54. The number of hydrogen-bond donors (Lipinski definition) is 0. The maximum absolute atomic E-state index is 7.05. The van der Waals surface area contributed by atoms with Crippen LogP contribution in [0.25, 0.3) is 0 Å². The SMILES string of the molecule is CC1C(B(Cl)C2=CC3C[C@@H](C2C)C3(C)C)=CC2CC1C2(C)C. The van der Waals surface area contributed by atoms with Crippen LogP contribution in [0.3, 0.4) is 0 Å². The molecule has 0 amide bonds. The summed E-state index contributed by atoms with van der Waals surface area (Å²) in [7, 11) is 0. The standard InChI is InChI=1S/C20H30BCl/c1-11-15-7-13(19(15,3)4)9-17(11)21(22)18-10-14-8-16(12(18)2)20(14,5)6/h9-16H,7-8H2,1-6H3/t11?,12?,13?,14?,15-,16?/m0/s1. The zero-order valence-corrected chi connectivity index (χ0v) is 15.7. The summed E-state index contributed by atoms with van der Waals surface area (Å²) < 4.78 is 0. The van der Waals surface area contributed by atoms with Crippen molar-refractivity contribution in [3.05, 3.63) is 23.1 Å². The molecule has 0 aliphatic heterocycles. The fourth-order valence-corrected chi connectivity index (χ4v) is 6.85. The van der Waals surface area contributed by atoms with Gasteiger partial charge in [-0.3, -0.25) is 0 Å². The number of rotatable bonds is 2. The molecule has 6 aliphatic rings. The molecule has 5 unspecified atom stereocenters. The molecule has 6 atom stereocenters. The highest BCUT2D eigenvalue weighted by atomic mass is 35.5. The number of allylic oxidation sites excluding steroid dienone is 4. The summed E-state index contributed by atoms with van der Waals surface area (Å²) in [5, 5.41) is 0. The van der Waals surface area contributed by atoms with Crippen molar-refractivity contribution in [3.8, 4) is 0 Å². The van der Waals surface area contributed by atoms with Gasteiger partial charge in [0.1, 0.15) is 0 Å². The van der Waals surface area contributed by atoms with Gasteiger partial charge in [0.25, 0.3) is 0 Å². The zero-order chi connectivity index (χ0) is 16.0. The van der Waals surface area contributed by atoms with Crippen LogP contribution in [-0.2, 0) is 0 Å². The van der Waals surface area contributed by atoms with E-state index in [9.17, 15) is 0 Å². The van der Waals surface area contributed by atoms with E-state index in [1.54, 1.807) is 10.9 Å². The highest BCUT2D eigenvalue weighted by molar-refractivity contribution is 7.15. The Morgan fingerprint density at radius 3 is 1.50 bits per heavy atom. The zero-order valence-electron chi connectivity index (χ0n) is 15.0. The van der Waals surface area contributed by atoms with Crippen LogP contribution in [0.2, 0.25) is 0 Å². The highest BCUT2D eigenvalue weighted by Gasteiger charge is 2.57. The van der Waals surface area contributed by atoms with Crippen molar-refractivity contribution in [1.82, 2.24) is 0 Å². The average molecular weight is 317 g/mol. The quantitative estimate of drug-likeness (QED) is 0.567. The number of halogens is 1. The van der Waals surface area contributed by atoms with Crippen LogP contribution >= 0.6 is 11.5 Å². The monoisotopic (exact) mass is 316 g/mol. The second-order valence-corrected chi connectivity index (χ2v) is 10.2. The van der Waals surface area contributed by atoms with Gasteiger partial charge in [-0.1, -0.05) is 64.6 Å². The first-order valence-corrected chi connectivity index (χ1v) is 9.66. The van der Waals surface area contributed by atoms with Crippen LogP contribution in [-0.4, -0.2) is 6.13 Å². The van der Waals surface area contributed by atoms with Gasteiger partial charge in [0.15, 0.2) is 0 Å². The molecule has 0 aromatic carbocycles. The topological polar surface area (TPSA) is 0 Å². The fourth-order valence-electron chi connectivity index (χ4n) is 6.31. The first-order chi connectivity index (χ1) is 10.2. The average Bonchev–Trinajstić information content (AvgIpc) is 2.45. The first kappa shape index (κ1) is 15.4. The third-order valence-electron chi connectivity index (χ3n) is 8.47. The van der Waals surface area contributed by atoms with E-state index in [2.05, 4.69) is 53.7 Å². The summed E-state index contributed by atoms with van der Waals surface area (Å²) >= 11 is 7.05. The number of hydrogen-bond acceptors (Lipinski definition) is 0. The fraction of sp³-hybridized carbons (Fsp3) is 0.800. The van der Waals surface area contributed by atoms with Crippen molar-refractivity contribution in [2.75, 3.05) is 0 Å². The molecule has 0 nitrogen and oxygen atoms in total. The normalized spacial score (nSPS) is 46.9. The van der Waals surface area contributed by atoms with Crippen molar-refractivity contribution in [3.63, 3.8) is 0 Å². The van der Waals surface area contributed by atoms with Crippen LogP contribution in [0.1, 0.15) is 54.4 Å². The van der Waals surface area contributed by atoms with Crippen LogP contribution in [0.5, 0.6) is 0 Å². The van der Waals surface area contributed by atoms with Crippen molar-refractivity contribution in [2.45, 2.75) is 54.4 Å². The summed E-state index contributed by atoms with van der Waals surface area (Å²) in [5.74, 6) is 4.50. The maximum Gasteiger partial charge on any atom is 0.307 e. The van der Waals surface area contributed by atoms with Crippen molar-refractivity contribution in [2.24, 2.45) is 46.3 Å². The molecule has 6 aliphatic carbocycles. The Labute approximate surface area is 141 Å². The van der Waals surface area contributed by atoms with Gasteiger partial charge in [-0.05, 0) is 59.2 Å². The van der Waals surface area contributed by atoms with Crippen molar-refractivity contribution in [1.29, 1.82) is 0 Å². The molecule has 2 saturated carbocycles. The highest BCUT2D eigenvalue weighted by Crippen LogP contribution is 2.63. The minimum atomic E-state index is 0.160. The molecule has 0 N–H and O–H groups in total. The van der Waals surface area contributed by atoms with Crippen LogP contribution in [0, 0.1) is 46.3 Å². The molecule has 0 spiro atoms. The Kier molecular flexibility index (Phi) is 3.12. The Balaban J connectivity index is 1.63. The third kappa shape index (κ3) is 1.73. The summed E-state index contributed by atoms with van der Waals surface area (Å²) in [6.45, 7) is 14.6. The molecular formula is C20H30BCl. The summed E-state index contributed by atoms with van der Waals surface area (Å²) in [4.78, 5) is 0. The van der Waals surface area contributed by atoms with E-state index in [4.69, 9.17) is 11.5 Å². The smallest absolute Gasteiger partial charge is 0.183 e. The Hall–Kier alpha value is -0.165. The molecule has 0 aromatic heterocycles. The second-order valence-electron chi connectivity index (χ2n) is 9.81. The molecule has 2 fully saturated rings. The van der Waals surface area contributed by atoms with E-state index in [0.717, 1.165) is 23.7 Å². The van der Waals surface area contributed by atoms with Gasteiger partial charge in [-0.2, -0.15) is 11.5 Å². The van der Waals surface area contributed by atoms with Gasteiger partial charge in [0.2, 0.25) is 0 Å². The van der Waals surface area contributed by atoms with E-state index < -0.39 is 0 Å². The summed E-state index contributed by atoms with van der Waals surface area (Å²) in [6, 6.07) is 0. The van der Waals surface area contributed by atoms with E-state index >= 15 is 0 Å². The lowest BCUT2D eigenvalue weighted by molar-refractivity contribution is -0.0303. The predicted octanol–water partition coefficient (Wildman–Crippen LogP) is 5.77. The van der Waals surface area contributed by atoms with E-state index in [0.29, 0.717) is 22.7 Å². The minimum Gasteiger partial charge on any atom is -0.183 e. The van der Waals surface area contributed by atoms with Crippen LogP contribution in [0.15, 0.2) is 23.1 Å². The second kappa shape index (κ2) is 4.47. The molecule has 0 saturated heterocycles. The van der Waals surface area contributed by atoms with Gasteiger partial charge in [0.05, 0.1) is 0 Å². The lowest BCUT2D eigenvalue weighted by atomic mass is 9.37. The van der Waals surface area contributed by atoms with Crippen molar-refractivity contribution < 1.29 is 0 Å². The van der Waals surface area contributed by atoms with Crippen molar-refractivity contribution >= 4 is 17.6 Å². The summed E-state index contributed by atoms with van der Waals surface area (Å²) in [5.41, 5.74) is 4.07. The molecule has 2 heteroatoms. The molecule has 22 heavy (non-hydrogen) atoms. The molecule has 0 aromatic rings. The maximum atomic E-state index is 7.05.